The molecule has 0 radical (unpaired) electrons. The van der Waals surface area contributed by atoms with Gasteiger partial charge >= 0.3 is 5.97 Å². The first-order chi connectivity index (χ1) is 9.99. The summed E-state index contributed by atoms with van der Waals surface area (Å²) in [6.45, 7) is 0. The molecule has 21 heavy (non-hydrogen) atoms. The Balaban J connectivity index is 2.14. The lowest BCUT2D eigenvalue weighted by molar-refractivity contribution is -0.142. The molecule has 0 aliphatic heterocycles. The maximum atomic E-state index is 12.3. The summed E-state index contributed by atoms with van der Waals surface area (Å²) in [5.74, 6) is -1.85. The molecule has 2 N–H and O–H groups in total. The quantitative estimate of drug-likeness (QED) is 0.659. The molecule has 7 heteroatoms. The van der Waals surface area contributed by atoms with Crippen molar-refractivity contribution in [2.45, 2.75) is 38.1 Å². The summed E-state index contributed by atoms with van der Waals surface area (Å²) < 4.78 is 0. The van der Waals surface area contributed by atoms with Gasteiger partial charge in [0.1, 0.15) is 10.3 Å². The van der Waals surface area contributed by atoms with Gasteiger partial charge in [-0.25, -0.2) is 4.98 Å². The summed E-state index contributed by atoms with van der Waals surface area (Å²) in [5, 5.41) is 12.3. The highest BCUT2D eigenvalue weighted by Crippen LogP contribution is 2.25. The van der Waals surface area contributed by atoms with Crippen LogP contribution in [0.2, 0.25) is 10.3 Å². The smallest absolute Gasteiger partial charge is 0.308 e. The largest absolute Gasteiger partial charge is 0.481 e. The van der Waals surface area contributed by atoms with Crippen LogP contribution in [0.5, 0.6) is 0 Å². The highest BCUT2D eigenvalue weighted by atomic mass is 35.5. The Morgan fingerprint density at radius 1 is 1.19 bits per heavy atom. The van der Waals surface area contributed by atoms with Gasteiger partial charge < -0.3 is 10.4 Å². The average Bonchev–Trinajstić information content (AvgIpc) is 2.63. The Hall–Kier alpha value is -1.33. The van der Waals surface area contributed by atoms with Crippen molar-refractivity contribution in [2.75, 3.05) is 0 Å². The van der Waals surface area contributed by atoms with Crippen molar-refractivity contribution in [3.63, 3.8) is 0 Å². The van der Waals surface area contributed by atoms with Crippen LogP contribution in [0.25, 0.3) is 0 Å². The fraction of sp³-hybridized carbons (Fsp3) is 0.500. The fourth-order valence-corrected chi connectivity index (χ4v) is 3.03. The van der Waals surface area contributed by atoms with E-state index in [4.69, 9.17) is 23.2 Å². The standard InChI is InChI=1S/C14H16Cl2N2O3/c15-11-7-6-9(12(16)18-11)13(19)17-10-5-3-1-2-4-8(10)14(20)21/h6-8,10H,1-5H2,(H,17,19)(H,20,21). The van der Waals surface area contributed by atoms with E-state index < -0.39 is 17.8 Å². The van der Waals surface area contributed by atoms with Crippen molar-refractivity contribution in [3.05, 3.63) is 28.0 Å². The lowest BCUT2D eigenvalue weighted by Crippen LogP contribution is -2.43. The number of pyridine rings is 1. The molecule has 0 spiro atoms. The number of hydrogen-bond donors (Lipinski definition) is 2. The van der Waals surface area contributed by atoms with Gasteiger partial charge in [0.25, 0.3) is 5.91 Å². The van der Waals surface area contributed by atoms with E-state index in [1.54, 1.807) is 0 Å². The number of rotatable bonds is 3. The van der Waals surface area contributed by atoms with Gasteiger partial charge in [-0.3, -0.25) is 9.59 Å². The number of nitrogens with zero attached hydrogens (tertiary/aromatic N) is 1. The first-order valence-electron chi connectivity index (χ1n) is 6.84. The predicted octanol–water partition coefficient (Wildman–Crippen LogP) is 3.15. The monoisotopic (exact) mass is 330 g/mol. The Morgan fingerprint density at radius 2 is 1.90 bits per heavy atom. The van der Waals surface area contributed by atoms with Gasteiger partial charge in [0, 0.05) is 6.04 Å². The second-order valence-corrected chi connectivity index (χ2v) is 5.88. The summed E-state index contributed by atoms with van der Waals surface area (Å²) in [6, 6.07) is 2.58. The number of nitrogens with one attached hydrogen (secondary N) is 1. The highest BCUT2D eigenvalue weighted by Gasteiger charge is 2.31. The van der Waals surface area contributed by atoms with Gasteiger partial charge in [-0.15, -0.1) is 0 Å². The minimum atomic E-state index is -0.873. The molecule has 1 aliphatic carbocycles. The van der Waals surface area contributed by atoms with E-state index in [-0.39, 0.29) is 21.9 Å². The number of halogens is 2. The van der Waals surface area contributed by atoms with Crippen LogP contribution < -0.4 is 5.32 Å². The van der Waals surface area contributed by atoms with E-state index >= 15 is 0 Å². The SMILES string of the molecule is O=C(NC1CCCCCC1C(=O)O)c1ccc(Cl)nc1Cl. The molecule has 1 amide bonds. The van der Waals surface area contributed by atoms with Crippen LogP contribution in [0.3, 0.4) is 0 Å². The Bertz CT molecular complexity index is 551. The molecule has 2 atom stereocenters. The average molecular weight is 331 g/mol. The van der Waals surface area contributed by atoms with Gasteiger partial charge in [-0.2, -0.15) is 0 Å². The molecule has 1 heterocycles. The summed E-state index contributed by atoms with van der Waals surface area (Å²) in [4.78, 5) is 27.4. The zero-order chi connectivity index (χ0) is 15.4. The number of aliphatic carboxylic acids is 1. The van der Waals surface area contributed by atoms with Gasteiger partial charge in [-0.05, 0) is 25.0 Å². The summed E-state index contributed by atoms with van der Waals surface area (Å²) in [5.41, 5.74) is 0.203. The number of aromatic nitrogens is 1. The molecule has 2 unspecified atom stereocenters. The zero-order valence-electron chi connectivity index (χ0n) is 11.3. The topological polar surface area (TPSA) is 79.3 Å². The molecule has 2 rings (SSSR count). The van der Waals surface area contributed by atoms with E-state index in [9.17, 15) is 14.7 Å². The van der Waals surface area contributed by atoms with Crippen LogP contribution in [0.4, 0.5) is 0 Å². The number of amides is 1. The van der Waals surface area contributed by atoms with Crippen molar-refractivity contribution in [1.29, 1.82) is 0 Å². The molecule has 1 fully saturated rings. The number of carbonyl (C=O) groups excluding carboxylic acids is 1. The Labute approximate surface area is 132 Å². The van der Waals surface area contributed by atoms with E-state index in [1.165, 1.54) is 12.1 Å². The number of hydrogen-bond acceptors (Lipinski definition) is 3. The van der Waals surface area contributed by atoms with Gasteiger partial charge in [0.05, 0.1) is 11.5 Å². The first kappa shape index (κ1) is 16.0. The third-order valence-electron chi connectivity index (χ3n) is 3.71. The second kappa shape index (κ2) is 7.09. The second-order valence-electron chi connectivity index (χ2n) is 5.14. The van der Waals surface area contributed by atoms with Crippen LogP contribution in [-0.2, 0) is 4.79 Å². The Kier molecular flexibility index (Phi) is 5.42. The maximum absolute atomic E-state index is 12.3. The molecule has 5 nitrogen and oxygen atoms in total. The molecule has 0 bridgehead atoms. The van der Waals surface area contributed by atoms with Crippen LogP contribution >= 0.6 is 23.2 Å². The molecule has 1 aliphatic rings. The van der Waals surface area contributed by atoms with Crippen molar-refractivity contribution in [3.8, 4) is 0 Å². The molecule has 1 aromatic heterocycles. The van der Waals surface area contributed by atoms with Gasteiger partial charge in [0.15, 0.2) is 0 Å². The molecule has 1 aromatic rings. The summed E-state index contributed by atoms with van der Waals surface area (Å²) in [6.07, 6.45) is 3.99. The van der Waals surface area contributed by atoms with Crippen LogP contribution in [0, 0.1) is 5.92 Å². The van der Waals surface area contributed by atoms with Crippen molar-refractivity contribution in [2.24, 2.45) is 5.92 Å². The molecule has 1 saturated carbocycles. The molecule has 114 valence electrons. The maximum Gasteiger partial charge on any atom is 0.308 e. The van der Waals surface area contributed by atoms with Crippen LogP contribution in [0.15, 0.2) is 12.1 Å². The third kappa shape index (κ3) is 4.08. The van der Waals surface area contributed by atoms with Gasteiger partial charge in [0.2, 0.25) is 0 Å². The predicted molar refractivity (Wildman–Crippen MR) is 79.7 cm³/mol. The Morgan fingerprint density at radius 3 is 2.57 bits per heavy atom. The van der Waals surface area contributed by atoms with Crippen LogP contribution in [0.1, 0.15) is 42.5 Å². The zero-order valence-corrected chi connectivity index (χ0v) is 12.8. The fourth-order valence-electron chi connectivity index (χ4n) is 2.60. The van der Waals surface area contributed by atoms with Crippen LogP contribution in [-0.4, -0.2) is 28.0 Å². The molecular weight excluding hydrogens is 315 g/mol. The van der Waals surface area contributed by atoms with E-state index in [1.807, 2.05) is 0 Å². The molecule has 0 aromatic carbocycles. The van der Waals surface area contributed by atoms with E-state index in [0.717, 1.165) is 19.3 Å². The normalized spacial score (nSPS) is 22.4. The number of carboxylic acid groups (broad SMARTS) is 1. The minimum absolute atomic E-state index is 0.0143. The third-order valence-corrected chi connectivity index (χ3v) is 4.21. The van der Waals surface area contributed by atoms with Gasteiger partial charge in [-0.1, -0.05) is 42.5 Å². The lowest BCUT2D eigenvalue weighted by atomic mass is 9.94. The van der Waals surface area contributed by atoms with Crippen molar-refractivity contribution in [1.82, 2.24) is 10.3 Å². The summed E-state index contributed by atoms with van der Waals surface area (Å²) >= 11 is 11.6. The van der Waals surface area contributed by atoms with E-state index in [0.29, 0.717) is 12.8 Å². The first-order valence-corrected chi connectivity index (χ1v) is 7.60. The molecular formula is C14H16Cl2N2O3. The summed E-state index contributed by atoms with van der Waals surface area (Å²) in [7, 11) is 0. The highest BCUT2D eigenvalue weighted by molar-refractivity contribution is 6.34. The number of carboxylic acids is 1. The van der Waals surface area contributed by atoms with Crippen molar-refractivity contribution >= 4 is 35.1 Å². The number of carbonyl (C=O) groups is 2. The van der Waals surface area contributed by atoms with E-state index in [2.05, 4.69) is 10.3 Å². The lowest BCUT2D eigenvalue weighted by Gasteiger charge is -2.23. The van der Waals surface area contributed by atoms with Crippen molar-refractivity contribution < 1.29 is 14.7 Å². The molecule has 0 saturated heterocycles. The minimum Gasteiger partial charge on any atom is -0.481 e.